The first-order chi connectivity index (χ1) is 11.4. The van der Waals surface area contributed by atoms with Gasteiger partial charge >= 0.3 is 0 Å². The minimum atomic E-state index is -0.728. The summed E-state index contributed by atoms with van der Waals surface area (Å²) in [5.74, 6) is -0.728. The molecule has 0 saturated heterocycles. The van der Waals surface area contributed by atoms with Gasteiger partial charge in [-0.3, -0.25) is 14.9 Å². The Morgan fingerprint density at radius 3 is 2.42 bits per heavy atom. The molecule has 0 aliphatic carbocycles. The minimum Gasteiger partial charge on any atom is -0.321 e. The van der Waals surface area contributed by atoms with Crippen molar-refractivity contribution < 1.29 is 9.72 Å². The van der Waals surface area contributed by atoms with Crippen LogP contribution in [0.1, 0.15) is 5.56 Å². The van der Waals surface area contributed by atoms with Crippen molar-refractivity contribution in [3.63, 3.8) is 0 Å². The van der Waals surface area contributed by atoms with Crippen LogP contribution < -0.4 is 5.32 Å². The lowest BCUT2D eigenvalue weighted by molar-refractivity contribution is -0.385. The molecule has 0 aliphatic rings. The summed E-state index contributed by atoms with van der Waals surface area (Å²) in [6.45, 7) is 0. The first-order valence-electron chi connectivity index (χ1n) is 6.53. The number of hydrogen-bond acceptors (Lipinski definition) is 4. The Kier molecular flexibility index (Phi) is 5.53. The zero-order valence-corrected chi connectivity index (χ0v) is 13.5. The zero-order chi connectivity index (χ0) is 17.7. The average Bonchev–Trinajstić information content (AvgIpc) is 2.51. The topological polar surface area (TPSA) is 96.0 Å². The largest absolute Gasteiger partial charge is 0.321 e. The third-order valence-electron chi connectivity index (χ3n) is 2.92. The predicted molar refractivity (Wildman–Crippen MR) is 91.8 cm³/mol. The van der Waals surface area contributed by atoms with Crippen molar-refractivity contribution in [1.82, 2.24) is 0 Å². The van der Waals surface area contributed by atoms with E-state index < -0.39 is 10.8 Å². The number of para-hydroxylation sites is 1. The van der Waals surface area contributed by atoms with Gasteiger partial charge < -0.3 is 5.32 Å². The number of rotatable bonds is 4. The molecule has 0 radical (unpaired) electrons. The van der Waals surface area contributed by atoms with E-state index in [9.17, 15) is 20.2 Å². The normalized spacial score (nSPS) is 10.8. The molecule has 8 heteroatoms. The second-order valence-electron chi connectivity index (χ2n) is 4.60. The number of nitrogens with zero attached hydrogens (tertiary/aromatic N) is 2. The third-order valence-corrected chi connectivity index (χ3v) is 3.36. The number of anilines is 1. The van der Waals surface area contributed by atoms with Gasteiger partial charge in [-0.2, -0.15) is 5.26 Å². The molecule has 6 nitrogen and oxygen atoms in total. The Morgan fingerprint density at radius 2 is 1.83 bits per heavy atom. The standard InChI is InChI=1S/C16H9Cl2N3O3/c17-12-6-13(18)8-14(7-12)20-16(22)11(9-19)5-10-3-1-2-4-15(10)21(23)24/h1-8H,(H,20,22)/b11-5+. The highest BCUT2D eigenvalue weighted by atomic mass is 35.5. The van der Waals surface area contributed by atoms with Crippen molar-refractivity contribution in [2.45, 2.75) is 0 Å². The van der Waals surface area contributed by atoms with Gasteiger partial charge in [-0.05, 0) is 30.3 Å². The van der Waals surface area contributed by atoms with Gasteiger partial charge in [-0.15, -0.1) is 0 Å². The molecule has 0 unspecified atom stereocenters. The highest BCUT2D eigenvalue weighted by Crippen LogP contribution is 2.24. The van der Waals surface area contributed by atoms with Gasteiger partial charge in [-0.25, -0.2) is 0 Å². The second-order valence-corrected chi connectivity index (χ2v) is 5.47. The first kappa shape index (κ1) is 17.5. The Labute approximate surface area is 147 Å². The number of nitrogens with one attached hydrogen (secondary N) is 1. The van der Waals surface area contributed by atoms with Crippen molar-refractivity contribution in [1.29, 1.82) is 5.26 Å². The van der Waals surface area contributed by atoms with E-state index in [1.807, 2.05) is 0 Å². The van der Waals surface area contributed by atoms with Crippen LogP contribution in [0.5, 0.6) is 0 Å². The van der Waals surface area contributed by atoms with Crippen molar-refractivity contribution in [3.8, 4) is 6.07 Å². The van der Waals surface area contributed by atoms with Gasteiger partial charge in [0.25, 0.3) is 11.6 Å². The van der Waals surface area contributed by atoms with E-state index in [2.05, 4.69) is 5.32 Å². The fourth-order valence-corrected chi connectivity index (χ4v) is 2.43. The van der Waals surface area contributed by atoms with Crippen molar-refractivity contribution in [2.75, 3.05) is 5.32 Å². The van der Waals surface area contributed by atoms with Crippen LogP contribution in [-0.2, 0) is 4.79 Å². The lowest BCUT2D eigenvalue weighted by Gasteiger charge is -2.06. The van der Waals surface area contributed by atoms with E-state index in [4.69, 9.17) is 23.2 Å². The van der Waals surface area contributed by atoms with Crippen LogP contribution in [-0.4, -0.2) is 10.8 Å². The van der Waals surface area contributed by atoms with Crippen LogP contribution >= 0.6 is 23.2 Å². The molecule has 0 aromatic heterocycles. The van der Waals surface area contributed by atoms with Gasteiger partial charge in [-0.1, -0.05) is 35.3 Å². The molecular formula is C16H9Cl2N3O3. The Bertz CT molecular complexity index is 868. The van der Waals surface area contributed by atoms with Crippen molar-refractivity contribution in [3.05, 3.63) is 73.8 Å². The molecule has 120 valence electrons. The molecule has 1 amide bonds. The van der Waals surface area contributed by atoms with Crippen LogP contribution in [0.4, 0.5) is 11.4 Å². The molecule has 0 aliphatic heterocycles. The molecule has 2 rings (SSSR count). The van der Waals surface area contributed by atoms with E-state index in [1.165, 1.54) is 36.4 Å². The molecular weight excluding hydrogens is 353 g/mol. The summed E-state index contributed by atoms with van der Waals surface area (Å²) in [5, 5.41) is 23.3. The van der Waals surface area contributed by atoms with E-state index >= 15 is 0 Å². The summed E-state index contributed by atoms with van der Waals surface area (Å²) in [7, 11) is 0. The Morgan fingerprint density at radius 1 is 1.21 bits per heavy atom. The van der Waals surface area contributed by atoms with Crippen LogP contribution in [0.3, 0.4) is 0 Å². The molecule has 0 heterocycles. The highest BCUT2D eigenvalue weighted by Gasteiger charge is 2.15. The number of amides is 1. The molecule has 2 aromatic carbocycles. The number of carbonyl (C=O) groups excluding carboxylic acids is 1. The number of carbonyl (C=O) groups is 1. The first-order valence-corrected chi connectivity index (χ1v) is 7.29. The monoisotopic (exact) mass is 361 g/mol. The Hall–Kier alpha value is -2.88. The SMILES string of the molecule is N#C/C(=C\c1ccccc1[N+](=O)[O-])C(=O)Nc1cc(Cl)cc(Cl)c1. The molecule has 2 aromatic rings. The maximum Gasteiger partial charge on any atom is 0.276 e. The highest BCUT2D eigenvalue weighted by molar-refractivity contribution is 6.35. The van der Waals surface area contributed by atoms with Crippen LogP contribution in [0.2, 0.25) is 10.0 Å². The van der Waals surface area contributed by atoms with Gasteiger partial charge in [0.2, 0.25) is 0 Å². The van der Waals surface area contributed by atoms with Crippen LogP contribution in [0, 0.1) is 21.4 Å². The summed E-state index contributed by atoms with van der Waals surface area (Å²) < 4.78 is 0. The lowest BCUT2D eigenvalue weighted by Crippen LogP contribution is -2.13. The fraction of sp³-hybridized carbons (Fsp3) is 0. The van der Waals surface area contributed by atoms with Gasteiger partial charge in [0.1, 0.15) is 11.6 Å². The molecule has 0 atom stereocenters. The molecule has 0 spiro atoms. The summed E-state index contributed by atoms with van der Waals surface area (Å²) in [5.41, 5.74) is -0.0382. The maximum absolute atomic E-state index is 12.2. The van der Waals surface area contributed by atoms with Crippen LogP contribution in [0.15, 0.2) is 48.0 Å². The van der Waals surface area contributed by atoms with Gasteiger partial charge in [0.15, 0.2) is 0 Å². The number of halogens is 2. The zero-order valence-electron chi connectivity index (χ0n) is 12.0. The minimum absolute atomic E-state index is 0.151. The van der Waals surface area contributed by atoms with Crippen molar-refractivity contribution in [2.24, 2.45) is 0 Å². The predicted octanol–water partition coefficient (Wildman–Crippen LogP) is 4.45. The number of nitro benzene ring substituents is 1. The number of nitriles is 1. The van der Waals surface area contributed by atoms with E-state index in [0.29, 0.717) is 15.7 Å². The van der Waals surface area contributed by atoms with Gasteiger partial charge in [0, 0.05) is 21.8 Å². The van der Waals surface area contributed by atoms with Gasteiger partial charge in [0.05, 0.1) is 10.5 Å². The number of nitro groups is 1. The number of benzene rings is 2. The molecule has 0 saturated carbocycles. The molecule has 0 fully saturated rings. The van der Waals surface area contributed by atoms with E-state index in [0.717, 1.165) is 6.08 Å². The van der Waals surface area contributed by atoms with E-state index in [1.54, 1.807) is 12.1 Å². The second kappa shape index (κ2) is 7.59. The maximum atomic E-state index is 12.2. The molecule has 1 N–H and O–H groups in total. The van der Waals surface area contributed by atoms with E-state index in [-0.39, 0.29) is 16.8 Å². The third kappa shape index (κ3) is 4.32. The summed E-state index contributed by atoms with van der Waals surface area (Å²) in [6, 6.07) is 11.9. The summed E-state index contributed by atoms with van der Waals surface area (Å²) in [6.07, 6.45) is 1.15. The molecule has 0 bridgehead atoms. The number of hydrogen-bond donors (Lipinski definition) is 1. The summed E-state index contributed by atoms with van der Waals surface area (Å²) in [4.78, 5) is 22.6. The lowest BCUT2D eigenvalue weighted by atomic mass is 10.1. The fourth-order valence-electron chi connectivity index (χ4n) is 1.90. The van der Waals surface area contributed by atoms with Crippen LogP contribution in [0.25, 0.3) is 6.08 Å². The summed E-state index contributed by atoms with van der Waals surface area (Å²) >= 11 is 11.7. The quantitative estimate of drug-likeness (QED) is 0.376. The average molecular weight is 362 g/mol. The Balaban J connectivity index is 2.33. The smallest absolute Gasteiger partial charge is 0.276 e. The molecule has 24 heavy (non-hydrogen) atoms. The van der Waals surface area contributed by atoms with Crippen molar-refractivity contribution >= 4 is 46.6 Å².